The number of benzene rings is 1. The largest absolute Gasteiger partial charge is 0.348 e. The van der Waals surface area contributed by atoms with Crippen LogP contribution in [0.1, 0.15) is 45.7 Å². The van der Waals surface area contributed by atoms with Crippen LogP contribution in [0.4, 0.5) is 0 Å². The monoisotopic (exact) mass is 290 g/mol. The zero-order chi connectivity index (χ0) is 15.8. The van der Waals surface area contributed by atoms with Crippen molar-refractivity contribution in [3.8, 4) is 0 Å². The second-order valence-corrected chi connectivity index (χ2v) is 5.82. The molecule has 0 fully saturated rings. The van der Waals surface area contributed by atoms with Crippen LogP contribution in [0.2, 0.25) is 0 Å². The molecule has 1 rings (SSSR count). The highest BCUT2D eigenvalue weighted by Crippen LogP contribution is 2.11. The summed E-state index contributed by atoms with van der Waals surface area (Å²) in [6.07, 6.45) is 0.904. The minimum absolute atomic E-state index is 0.0573. The van der Waals surface area contributed by atoms with E-state index in [0.29, 0.717) is 12.5 Å². The fourth-order valence-electron chi connectivity index (χ4n) is 2.05. The number of rotatable bonds is 7. The highest BCUT2D eigenvalue weighted by molar-refractivity contribution is 5.84. The molecule has 0 heterocycles. The van der Waals surface area contributed by atoms with Gasteiger partial charge < -0.3 is 10.2 Å². The van der Waals surface area contributed by atoms with E-state index < -0.39 is 0 Å². The molecule has 0 aromatic heterocycles. The van der Waals surface area contributed by atoms with Gasteiger partial charge in [0.25, 0.3) is 0 Å². The van der Waals surface area contributed by atoms with E-state index in [4.69, 9.17) is 0 Å². The molecule has 1 aromatic carbocycles. The molecular formula is C17H26N2O2. The molecule has 0 saturated carbocycles. The summed E-state index contributed by atoms with van der Waals surface area (Å²) in [5.74, 6) is 0.335. The minimum Gasteiger partial charge on any atom is -0.348 e. The van der Waals surface area contributed by atoms with Crippen molar-refractivity contribution in [2.75, 3.05) is 13.1 Å². The van der Waals surface area contributed by atoms with Crippen LogP contribution in [0.15, 0.2) is 30.3 Å². The Morgan fingerprint density at radius 1 is 1.14 bits per heavy atom. The minimum atomic E-state index is -0.120. The van der Waals surface area contributed by atoms with Crippen molar-refractivity contribution < 1.29 is 9.59 Å². The van der Waals surface area contributed by atoms with Gasteiger partial charge in [-0.15, -0.1) is 0 Å². The zero-order valence-corrected chi connectivity index (χ0v) is 13.4. The fourth-order valence-corrected chi connectivity index (χ4v) is 2.05. The summed E-state index contributed by atoms with van der Waals surface area (Å²) in [7, 11) is 0. The van der Waals surface area contributed by atoms with Crippen molar-refractivity contribution in [3.63, 3.8) is 0 Å². The van der Waals surface area contributed by atoms with Crippen LogP contribution in [-0.4, -0.2) is 29.8 Å². The standard InChI is InChI=1S/C17H26N2O2/c1-13(2)10-11-19(15(4)20)12-17(21)18-14(3)16-8-6-5-7-9-16/h5-9,13-14H,10-12H2,1-4H3,(H,18,21). The topological polar surface area (TPSA) is 49.4 Å². The Hall–Kier alpha value is -1.84. The lowest BCUT2D eigenvalue weighted by Crippen LogP contribution is -2.41. The van der Waals surface area contributed by atoms with E-state index >= 15 is 0 Å². The van der Waals surface area contributed by atoms with E-state index in [1.807, 2.05) is 37.3 Å². The number of carbonyl (C=O) groups excluding carboxylic acids is 2. The highest BCUT2D eigenvalue weighted by Gasteiger charge is 2.16. The Bertz CT molecular complexity index is 457. The first-order chi connectivity index (χ1) is 9.90. The molecule has 0 saturated heterocycles. The maximum Gasteiger partial charge on any atom is 0.240 e. The van der Waals surface area contributed by atoms with Crippen molar-refractivity contribution in [1.82, 2.24) is 10.2 Å². The maximum atomic E-state index is 12.1. The lowest BCUT2D eigenvalue weighted by atomic mass is 10.1. The number of nitrogens with zero attached hydrogens (tertiary/aromatic N) is 1. The average molecular weight is 290 g/mol. The summed E-state index contributed by atoms with van der Waals surface area (Å²) >= 11 is 0. The van der Waals surface area contributed by atoms with Crippen molar-refractivity contribution >= 4 is 11.8 Å². The summed E-state index contributed by atoms with van der Waals surface area (Å²) in [5, 5.41) is 2.94. The van der Waals surface area contributed by atoms with Gasteiger partial charge in [0.1, 0.15) is 0 Å². The molecule has 2 amide bonds. The number of hydrogen-bond donors (Lipinski definition) is 1. The van der Waals surface area contributed by atoms with Crippen LogP contribution in [0.25, 0.3) is 0 Å². The van der Waals surface area contributed by atoms with Gasteiger partial charge in [0.05, 0.1) is 12.6 Å². The van der Waals surface area contributed by atoms with Gasteiger partial charge in [-0.1, -0.05) is 44.2 Å². The van der Waals surface area contributed by atoms with Crippen LogP contribution in [0.5, 0.6) is 0 Å². The molecular weight excluding hydrogens is 264 g/mol. The lowest BCUT2D eigenvalue weighted by Gasteiger charge is -2.23. The summed E-state index contributed by atoms with van der Waals surface area (Å²) in [6.45, 7) is 8.42. The van der Waals surface area contributed by atoms with Crippen LogP contribution >= 0.6 is 0 Å². The van der Waals surface area contributed by atoms with Gasteiger partial charge in [-0.3, -0.25) is 9.59 Å². The third-order valence-corrected chi connectivity index (χ3v) is 3.43. The molecule has 0 bridgehead atoms. The van der Waals surface area contributed by atoms with Gasteiger partial charge >= 0.3 is 0 Å². The van der Waals surface area contributed by atoms with Gasteiger partial charge in [0, 0.05) is 13.5 Å². The molecule has 1 atom stereocenters. The van der Waals surface area contributed by atoms with Gasteiger partial charge in [0.15, 0.2) is 0 Å². The first kappa shape index (κ1) is 17.2. The van der Waals surface area contributed by atoms with Crippen LogP contribution in [-0.2, 0) is 9.59 Å². The summed E-state index contributed by atoms with van der Waals surface area (Å²) in [4.78, 5) is 25.3. The molecule has 0 aliphatic rings. The zero-order valence-electron chi connectivity index (χ0n) is 13.4. The second-order valence-electron chi connectivity index (χ2n) is 5.82. The Morgan fingerprint density at radius 3 is 2.29 bits per heavy atom. The molecule has 21 heavy (non-hydrogen) atoms. The van der Waals surface area contributed by atoms with Crippen molar-refractivity contribution in [3.05, 3.63) is 35.9 Å². The molecule has 1 aromatic rings. The molecule has 0 radical (unpaired) electrons. The van der Waals surface area contributed by atoms with Crippen LogP contribution in [0.3, 0.4) is 0 Å². The quantitative estimate of drug-likeness (QED) is 0.839. The normalized spacial score (nSPS) is 12.0. The number of nitrogens with one attached hydrogen (secondary N) is 1. The first-order valence-corrected chi connectivity index (χ1v) is 7.50. The fraction of sp³-hybridized carbons (Fsp3) is 0.529. The SMILES string of the molecule is CC(=O)N(CCC(C)C)CC(=O)NC(C)c1ccccc1. The summed E-state index contributed by atoms with van der Waals surface area (Å²) in [6, 6.07) is 9.74. The van der Waals surface area contributed by atoms with Crippen molar-refractivity contribution in [1.29, 1.82) is 0 Å². The lowest BCUT2D eigenvalue weighted by molar-refractivity contribution is -0.134. The van der Waals surface area contributed by atoms with Gasteiger partial charge in [-0.2, -0.15) is 0 Å². The van der Waals surface area contributed by atoms with E-state index in [1.165, 1.54) is 6.92 Å². The van der Waals surface area contributed by atoms with Crippen molar-refractivity contribution in [2.45, 2.75) is 40.2 Å². The molecule has 0 aliphatic carbocycles. The Balaban J connectivity index is 2.52. The Kier molecular flexibility index (Phi) is 6.92. The molecule has 4 nitrogen and oxygen atoms in total. The summed E-state index contributed by atoms with van der Waals surface area (Å²) in [5.41, 5.74) is 1.06. The Labute approximate surface area is 127 Å². The van der Waals surface area contributed by atoms with E-state index in [0.717, 1.165) is 12.0 Å². The predicted octanol–water partition coefficient (Wildman–Crippen LogP) is 2.76. The van der Waals surface area contributed by atoms with Gasteiger partial charge in [-0.05, 0) is 24.8 Å². The third kappa shape index (κ3) is 6.43. The Morgan fingerprint density at radius 2 is 1.76 bits per heavy atom. The molecule has 0 aliphatic heterocycles. The molecule has 4 heteroatoms. The number of amides is 2. The number of hydrogen-bond acceptors (Lipinski definition) is 2. The predicted molar refractivity (Wildman–Crippen MR) is 84.7 cm³/mol. The van der Waals surface area contributed by atoms with E-state index in [1.54, 1.807) is 4.90 Å². The maximum absolute atomic E-state index is 12.1. The molecule has 116 valence electrons. The van der Waals surface area contributed by atoms with Crippen LogP contribution in [0, 0.1) is 5.92 Å². The molecule has 1 N–H and O–H groups in total. The number of carbonyl (C=O) groups is 2. The smallest absolute Gasteiger partial charge is 0.240 e. The summed E-state index contributed by atoms with van der Waals surface area (Å²) < 4.78 is 0. The average Bonchev–Trinajstić information content (AvgIpc) is 2.43. The highest BCUT2D eigenvalue weighted by atomic mass is 16.2. The van der Waals surface area contributed by atoms with Crippen molar-refractivity contribution in [2.24, 2.45) is 5.92 Å². The van der Waals surface area contributed by atoms with Gasteiger partial charge in [0.2, 0.25) is 11.8 Å². The first-order valence-electron chi connectivity index (χ1n) is 7.50. The van der Waals surface area contributed by atoms with Gasteiger partial charge in [-0.25, -0.2) is 0 Å². The van der Waals surface area contributed by atoms with E-state index in [2.05, 4.69) is 19.2 Å². The molecule has 0 spiro atoms. The van der Waals surface area contributed by atoms with E-state index in [9.17, 15) is 9.59 Å². The van der Waals surface area contributed by atoms with Crippen LogP contribution < -0.4 is 5.32 Å². The second kappa shape index (κ2) is 8.45. The van der Waals surface area contributed by atoms with E-state index in [-0.39, 0.29) is 24.4 Å². The molecule has 1 unspecified atom stereocenters. The third-order valence-electron chi connectivity index (χ3n) is 3.43.